The lowest BCUT2D eigenvalue weighted by atomic mass is 9.81. The standard InChI is InChI=1S/C27H26N4O6S2/c1-4-5-13-39(34,35)27-30-19-12-11-17(14-20(19)38-27)31-23(26(33)37-3)22(25(32)36-2)21(18(15-28)24(31)29)16-9-7-6-8-10-16/h6-12,14,21H,4-5,13,29H2,1-3H3. The van der Waals surface area contributed by atoms with Gasteiger partial charge in [-0.1, -0.05) is 43.7 Å². The van der Waals surface area contributed by atoms with Crippen molar-refractivity contribution >= 4 is 49.0 Å². The Hall–Kier alpha value is -4.21. The molecular weight excluding hydrogens is 540 g/mol. The third-order valence-electron chi connectivity index (χ3n) is 6.25. The van der Waals surface area contributed by atoms with Crippen molar-refractivity contribution in [3.05, 3.63) is 76.8 Å². The van der Waals surface area contributed by atoms with E-state index in [1.54, 1.807) is 48.5 Å². The summed E-state index contributed by atoms with van der Waals surface area (Å²) < 4.78 is 36.1. The van der Waals surface area contributed by atoms with Crippen molar-refractivity contribution in [2.45, 2.75) is 30.0 Å². The molecule has 0 saturated carbocycles. The zero-order valence-electron chi connectivity index (χ0n) is 21.5. The Morgan fingerprint density at radius 3 is 2.44 bits per heavy atom. The molecule has 1 aromatic heterocycles. The normalized spacial score (nSPS) is 15.8. The van der Waals surface area contributed by atoms with Crippen LogP contribution in [0.4, 0.5) is 5.69 Å². The summed E-state index contributed by atoms with van der Waals surface area (Å²) in [6.45, 7) is 1.91. The summed E-state index contributed by atoms with van der Waals surface area (Å²) >= 11 is 0.994. The highest BCUT2D eigenvalue weighted by Gasteiger charge is 2.43. The van der Waals surface area contributed by atoms with Crippen LogP contribution in [0, 0.1) is 11.3 Å². The van der Waals surface area contributed by atoms with Gasteiger partial charge in [0.05, 0.1) is 53.3 Å². The SMILES string of the molecule is CCCCS(=O)(=O)c1nc2ccc(N3C(N)=C(C#N)C(c4ccccc4)C(C(=O)OC)=C3C(=O)OC)cc2s1. The third kappa shape index (κ3) is 5.10. The molecule has 0 fully saturated rings. The number of methoxy groups -OCH3 is 2. The van der Waals surface area contributed by atoms with Gasteiger partial charge in [-0.2, -0.15) is 5.26 Å². The monoisotopic (exact) mass is 566 g/mol. The van der Waals surface area contributed by atoms with Gasteiger partial charge in [-0.15, -0.1) is 11.3 Å². The van der Waals surface area contributed by atoms with Crippen LogP contribution in [0.3, 0.4) is 0 Å². The van der Waals surface area contributed by atoms with Gasteiger partial charge in [0.2, 0.25) is 14.2 Å². The zero-order valence-corrected chi connectivity index (χ0v) is 23.1. The molecule has 1 aliphatic rings. The summed E-state index contributed by atoms with van der Waals surface area (Å²) in [5.74, 6) is -2.79. The Morgan fingerprint density at radius 1 is 1.13 bits per heavy atom. The molecule has 0 radical (unpaired) electrons. The first-order chi connectivity index (χ1) is 18.7. The van der Waals surface area contributed by atoms with Crippen LogP contribution in [0.15, 0.2) is 75.5 Å². The highest BCUT2D eigenvalue weighted by Crippen LogP contribution is 2.44. The number of hydrogen-bond acceptors (Lipinski definition) is 11. The average Bonchev–Trinajstić information content (AvgIpc) is 3.39. The number of fused-ring (bicyclic) bond motifs is 1. The van der Waals surface area contributed by atoms with E-state index in [1.807, 2.05) is 6.92 Å². The first-order valence-corrected chi connectivity index (χ1v) is 14.4. The van der Waals surface area contributed by atoms with Crippen LogP contribution in [0.25, 0.3) is 10.2 Å². The molecule has 1 aliphatic heterocycles. The second kappa shape index (κ2) is 11.3. The fourth-order valence-corrected chi connectivity index (χ4v) is 7.21. The van der Waals surface area contributed by atoms with E-state index in [4.69, 9.17) is 15.2 Å². The number of unbranched alkanes of at least 4 members (excludes halogenated alkanes) is 1. The molecule has 0 spiro atoms. The molecule has 4 rings (SSSR count). The number of thiazole rings is 1. The van der Waals surface area contributed by atoms with E-state index in [0.29, 0.717) is 27.9 Å². The van der Waals surface area contributed by atoms with E-state index in [-0.39, 0.29) is 32.8 Å². The van der Waals surface area contributed by atoms with Crippen LogP contribution in [-0.2, 0) is 28.9 Å². The molecule has 1 atom stereocenters. The lowest BCUT2D eigenvalue weighted by molar-refractivity contribution is -0.139. The van der Waals surface area contributed by atoms with Crippen molar-refractivity contribution < 1.29 is 27.5 Å². The molecule has 0 aliphatic carbocycles. The molecule has 12 heteroatoms. The number of sulfone groups is 1. The number of esters is 2. The number of nitrogens with two attached hydrogens (primary N) is 1. The smallest absolute Gasteiger partial charge is 0.355 e. The van der Waals surface area contributed by atoms with Gasteiger partial charge >= 0.3 is 11.9 Å². The maximum Gasteiger partial charge on any atom is 0.355 e. The maximum atomic E-state index is 13.2. The van der Waals surface area contributed by atoms with E-state index < -0.39 is 27.7 Å². The summed E-state index contributed by atoms with van der Waals surface area (Å²) in [4.78, 5) is 32.0. The van der Waals surface area contributed by atoms with Gasteiger partial charge in [-0.05, 0) is 30.2 Å². The fourth-order valence-electron chi connectivity index (χ4n) is 4.37. The predicted octanol–water partition coefficient (Wildman–Crippen LogP) is 3.77. The minimum Gasteiger partial charge on any atom is -0.466 e. The summed E-state index contributed by atoms with van der Waals surface area (Å²) in [6.07, 6.45) is 1.24. The van der Waals surface area contributed by atoms with Crippen LogP contribution in [0.2, 0.25) is 0 Å². The van der Waals surface area contributed by atoms with E-state index in [1.165, 1.54) is 19.1 Å². The van der Waals surface area contributed by atoms with Crippen molar-refractivity contribution in [1.82, 2.24) is 4.98 Å². The van der Waals surface area contributed by atoms with Crippen LogP contribution >= 0.6 is 11.3 Å². The van der Waals surface area contributed by atoms with Crippen molar-refractivity contribution in [2.75, 3.05) is 24.9 Å². The molecule has 0 amide bonds. The maximum absolute atomic E-state index is 13.2. The summed E-state index contributed by atoms with van der Waals surface area (Å²) in [7, 11) is -1.22. The second-order valence-electron chi connectivity index (χ2n) is 8.64. The average molecular weight is 567 g/mol. The number of rotatable bonds is 8. The van der Waals surface area contributed by atoms with Crippen LogP contribution < -0.4 is 10.6 Å². The zero-order chi connectivity index (χ0) is 28.3. The number of carbonyl (C=O) groups is 2. The molecule has 0 saturated heterocycles. The number of nitrogens with zero attached hydrogens (tertiary/aromatic N) is 3. The number of anilines is 1. The highest BCUT2D eigenvalue weighted by molar-refractivity contribution is 7.93. The minimum atomic E-state index is -3.56. The minimum absolute atomic E-state index is 0.00824. The van der Waals surface area contributed by atoms with Gasteiger partial charge in [0.15, 0.2) is 0 Å². The van der Waals surface area contributed by atoms with Crippen LogP contribution in [0.5, 0.6) is 0 Å². The molecular formula is C27H26N4O6S2. The second-order valence-corrected chi connectivity index (χ2v) is 12.0. The molecule has 2 heterocycles. The molecule has 3 aromatic rings. The first-order valence-electron chi connectivity index (χ1n) is 12.0. The van der Waals surface area contributed by atoms with Crippen molar-refractivity contribution in [1.29, 1.82) is 5.26 Å². The number of nitriles is 1. The molecule has 1 unspecified atom stereocenters. The topological polar surface area (TPSA) is 153 Å². The lowest BCUT2D eigenvalue weighted by Crippen LogP contribution is -2.40. The van der Waals surface area contributed by atoms with E-state index in [0.717, 1.165) is 17.8 Å². The third-order valence-corrected chi connectivity index (χ3v) is 9.53. The summed E-state index contributed by atoms with van der Waals surface area (Å²) in [5, 5.41) is 10.2. The van der Waals surface area contributed by atoms with Gasteiger partial charge < -0.3 is 15.2 Å². The van der Waals surface area contributed by atoms with Crippen molar-refractivity contribution in [2.24, 2.45) is 5.73 Å². The molecule has 10 nitrogen and oxygen atoms in total. The van der Waals surface area contributed by atoms with Gasteiger partial charge in [-0.3, -0.25) is 4.90 Å². The lowest BCUT2D eigenvalue weighted by Gasteiger charge is -2.35. The number of allylic oxidation sites excluding steroid dienone is 1. The van der Waals surface area contributed by atoms with E-state index >= 15 is 0 Å². The molecule has 202 valence electrons. The predicted molar refractivity (Wildman–Crippen MR) is 146 cm³/mol. The largest absolute Gasteiger partial charge is 0.466 e. The number of benzene rings is 2. The number of carbonyl (C=O) groups excluding carboxylic acids is 2. The number of aromatic nitrogens is 1. The van der Waals surface area contributed by atoms with Crippen molar-refractivity contribution in [3.63, 3.8) is 0 Å². The van der Waals surface area contributed by atoms with Gasteiger partial charge in [0, 0.05) is 5.69 Å². The van der Waals surface area contributed by atoms with Gasteiger partial charge in [-0.25, -0.2) is 23.0 Å². The molecule has 2 N–H and O–H groups in total. The van der Waals surface area contributed by atoms with Crippen LogP contribution in [-0.4, -0.2) is 45.3 Å². The first kappa shape index (κ1) is 27.8. The van der Waals surface area contributed by atoms with Gasteiger partial charge in [0.25, 0.3) is 0 Å². The Morgan fingerprint density at radius 2 is 1.82 bits per heavy atom. The Labute approximate surface area is 229 Å². The summed E-state index contributed by atoms with van der Waals surface area (Å²) in [6, 6.07) is 15.6. The van der Waals surface area contributed by atoms with E-state index in [2.05, 4.69) is 11.1 Å². The van der Waals surface area contributed by atoms with E-state index in [9.17, 15) is 23.3 Å². The number of hydrogen-bond donors (Lipinski definition) is 1. The Kier molecular flexibility index (Phi) is 8.03. The molecule has 2 aromatic carbocycles. The molecule has 0 bridgehead atoms. The quantitative estimate of drug-likeness (QED) is 0.399. The Balaban J connectivity index is 1.97. The number of ether oxygens (including phenoxy) is 2. The van der Waals surface area contributed by atoms with Gasteiger partial charge in [0.1, 0.15) is 11.5 Å². The van der Waals surface area contributed by atoms with Crippen molar-refractivity contribution in [3.8, 4) is 6.07 Å². The van der Waals surface area contributed by atoms with Crippen LogP contribution in [0.1, 0.15) is 31.2 Å². The summed E-state index contributed by atoms with van der Waals surface area (Å²) in [5.41, 5.74) is 7.54. The highest BCUT2D eigenvalue weighted by atomic mass is 32.2. The Bertz CT molecular complexity index is 1650. The molecule has 39 heavy (non-hydrogen) atoms. The fraction of sp³-hybridized carbons (Fsp3) is 0.259.